The average Bonchev–Trinajstić information content (AvgIpc) is 2.52. The number of hydrogen-bond donors (Lipinski definition) is 2. The molecule has 1 aliphatic rings. The van der Waals surface area contributed by atoms with Crippen LogP contribution in [0.3, 0.4) is 0 Å². The Kier molecular flexibility index (Phi) is 4.47. The van der Waals surface area contributed by atoms with Gasteiger partial charge in [-0.3, -0.25) is 4.79 Å². The molecule has 7 nitrogen and oxygen atoms in total. The molecule has 0 radical (unpaired) electrons. The molecule has 1 aliphatic heterocycles. The largest absolute Gasteiger partial charge is 0.482 e. The lowest BCUT2D eigenvalue weighted by Gasteiger charge is -2.29. The number of benzene rings is 1. The number of ether oxygens (including phenoxy) is 1. The third kappa shape index (κ3) is 3.62. The van der Waals surface area contributed by atoms with Gasteiger partial charge in [0.2, 0.25) is 5.95 Å². The topological polar surface area (TPSA) is 93.4 Å². The Labute approximate surface area is 138 Å². The predicted octanol–water partition coefficient (Wildman–Crippen LogP) is 1.94. The Balaban J connectivity index is 1.57. The molecule has 1 aromatic carbocycles. The molecule has 0 saturated heterocycles. The fourth-order valence-corrected chi connectivity index (χ4v) is 2.57. The number of fused-ring (bicyclic) bond motifs is 1. The van der Waals surface area contributed by atoms with E-state index in [0.717, 1.165) is 17.9 Å². The second-order valence-electron chi connectivity index (χ2n) is 5.02. The number of anilines is 3. The molecule has 3 rings (SSSR count). The highest BCUT2D eigenvalue weighted by Crippen LogP contribution is 2.31. The molecule has 3 N–H and O–H groups in total. The fourth-order valence-electron chi connectivity index (χ4n) is 2.38. The summed E-state index contributed by atoms with van der Waals surface area (Å²) in [6, 6.07) is 9.12. The number of halogens is 1. The highest BCUT2D eigenvalue weighted by atomic mass is 35.5. The minimum atomic E-state index is -0.0435. The van der Waals surface area contributed by atoms with Gasteiger partial charge < -0.3 is 20.7 Å². The molecule has 0 spiro atoms. The first-order valence-corrected chi connectivity index (χ1v) is 7.57. The Hall–Kier alpha value is -2.54. The maximum atomic E-state index is 12.0. The van der Waals surface area contributed by atoms with E-state index in [9.17, 15) is 4.79 Å². The zero-order chi connectivity index (χ0) is 16.2. The van der Waals surface area contributed by atoms with E-state index in [4.69, 9.17) is 22.1 Å². The maximum absolute atomic E-state index is 12.0. The number of hydrogen-bond acceptors (Lipinski definition) is 6. The summed E-state index contributed by atoms with van der Waals surface area (Å²) < 4.78 is 5.42. The van der Waals surface area contributed by atoms with Crippen molar-refractivity contribution < 1.29 is 9.53 Å². The minimum absolute atomic E-state index is 0.0435. The summed E-state index contributed by atoms with van der Waals surface area (Å²) in [4.78, 5) is 21.6. The van der Waals surface area contributed by atoms with Crippen molar-refractivity contribution in [2.75, 3.05) is 35.6 Å². The van der Waals surface area contributed by atoms with Crippen LogP contribution in [0.15, 0.2) is 30.3 Å². The molecule has 0 fully saturated rings. The third-order valence-corrected chi connectivity index (χ3v) is 3.58. The normalized spacial score (nSPS) is 13.4. The van der Waals surface area contributed by atoms with E-state index >= 15 is 0 Å². The van der Waals surface area contributed by atoms with Gasteiger partial charge in [-0.05, 0) is 18.6 Å². The van der Waals surface area contributed by atoms with Gasteiger partial charge in [0.1, 0.15) is 16.7 Å². The van der Waals surface area contributed by atoms with Crippen molar-refractivity contribution in [2.45, 2.75) is 6.42 Å². The molecule has 2 heterocycles. The van der Waals surface area contributed by atoms with Crippen LogP contribution >= 0.6 is 11.6 Å². The van der Waals surface area contributed by atoms with Crippen LogP contribution in [0.25, 0.3) is 0 Å². The first-order valence-electron chi connectivity index (χ1n) is 7.19. The fraction of sp³-hybridized carbons (Fsp3) is 0.267. The Bertz CT molecular complexity index is 705. The number of carbonyl (C=O) groups excluding carboxylic acids is 1. The van der Waals surface area contributed by atoms with Gasteiger partial charge in [-0.25, -0.2) is 4.98 Å². The van der Waals surface area contributed by atoms with Gasteiger partial charge in [0, 0.05) is 19.2 Å². The predicted molar refractivity (Wildman–Crippen MR) is 88.9 cm³/mol. The van der Waals surface area contributed by atoms with Crippen molar-refractivity contribution in [3.05, 3.63) is 35.5 Å². The lowest BCUT2D eigenvalue weighted by Crippen LogP contribution is -2.39. The molecule has 1 aromatic heterocycles. The second kappa shape index (κ2) is 6.70. The van der Waals surface area contributed by atoms with Gasteiger partial charge in [-0.2, -0.15) is 4.98 Å². The second-order valence-corrected chi connectivity index (χ2v) is 5.40. The summed E-state index contributed by atoms with van der Waals surface area (Å²) in [5, 5.41) is 3.41. The van der Waals surface area contributed by atoms with Crippen LogP contribution < -0.4 is 20.7 Å². The zero-order valence-electron chi connectivity index (χ0n) is 12.3. The van der Waals surface area contributed by atoms with Crippen LogP contribution in [0.2, 0.25) is 5.15 Å². The van der Waals surface area contributed by atoms with Crippen LogP contribution in [0.4, 0.5) is 17.5 Å². The first kappa shape index (κ1) is 15.4. The molecule has 0 unspecified atom stereocenters. The Morgan fingerprint density at radius 3 is 3.00 bits per heavy atom. The van der Waals surface area contributed by atoms with Crippen molar-refractivity contribution in [3.63, 3.8) is 0 Å². The van der Waals surface area contributed by atoms with Crippen LogP contribution in [0.1, 0.15) is 6.42 Å². The highest BCUT2D eigenvalue weighted by molar-refractivity contribution is 6.29. The van der Waals surface area contributed by atoms with E-state index in [1.165, 1.54) is 0 Å². The number of rotatable bonds is 5. The molecule has 0 atom stereocenters. The van der Waals surface area contributed by atoms with Gasteiger partial charge in [0.15, 0.2) is 6.61 Å². The first-order chi connectivity index (χ1) is 11.1. The lowest BCUT2D eigenvalue weighted by atomic mass is 10.2. The highest BCUT2D eigenvalue weighted by Gasteiger charge is 2.24. The van der Waals surface area contributed by atoms with Gasteiger partial charge in [-0.15, -0.1) is 0 Å². The molecular weight excluding hydrogens is 318 g/mol. The quantitative estimate of drug-likeness (QED) is 0.641. The number of nitrogens with two attached hydrogens (primary N) is 1. The van der Waals surface area contributed by atoms with Crippen molar-refractivity contribution in [2.24, 2.45) is 0 Å². The van der Waals surface area contributed by atoms with Gasteiger partial charge in [0.25, 0.3) is 5.91 Å². The number of para-hydroxylation sites is 2. The molecule has 0 bridgehead atoms. The summed E-state index contributed by atoms with van der Waals surface area (Å²) in [6.45, 7) is 1.28. The SMILES string of the molecule is Nc1nc(Cl)cc(NCCCN2C(=O)COc3ccccc32)n1. The van der Waals surface area contributed by atoms with Crippen LogP contribution in [-0.4, -0.2) is 35.6 Å². The molecule has 0 aliphatic carbocycles. The van der Waals surface area contributed by atoms with E-state index in [1.807, 2.05) is 24.3 Å². The molecule has 120 valence electrons. The zero-order valence-corrected chi connectivity index (χ0v) is 13.1. The monoisotopic (exact) mass is 333 g/mol. The summed E-state index contributed by atoms with van der Waals surface area (Å²) in [6.07, 6.45) is 0.738. The summed E-state index contributed by atoms with van der Waals surface area (Å²) >= 11 is 5.82. The molecule has 8 heteroatoms. The molecule has 2 aromatic rings. The van der Waals surface area contributed by atoms with Crippen molar-refractivity contribution >= 4 is 35.0 Å². The summed E-state index contributed by atoms with van der Waals surface area (Å²) in [7, 11) is 0. The average molecular weight is 334 g/mol. The van der Waals surface area contributed by atoms with Crippen molar-refractivity contribution in [1.29, 1.82) is 0 Å². The van der Waals surface area contributed by atoms with E-state index in [2.05, 4.69) is 15.3 Å². The van der Waals surface area contributed by atoms with Gasteiger partial charge in [-0.1, -0.05) is 23.7 Å². The van der Waals surface area contributed by atoms with E-state index in [0.29, 0.717) is 18.9 Å². The Morgan fingerprint density at radius 1 is 1.35 bits per heavy atom. The van der Waals surface area contributed by atoms with E-state index in [-0.39, 0.29) is 23.6 Å². The number of nitrogens with one attached hydrogen (secondary N) is 1. The molecular formula is C15H16ClN5O2. The number of aromatic nitrogens is 2. The third-order valence-electron chi connectivity index (χ3n) is 3.39. The number of carbonyl (C=O) groups is 1. The van der Waals surface area contributed by atoms with Crippen molar-refractivity contribution in [1.82, 2.24) is 9.97 Å². The van der Waals surface area contributed by atoms with Crippen LogP contribution in [0, 0.1) is 0 Å². The molecule has 23 heavy (non-hydrogen) atoms. The number of nitrogens with zero attached hydrogens (tertiary/aromatic N) is 3. The van der Waals surface area contributed by atoms with Gasteiger partial charge in [0.05, 0.1) is 5.69 Å². The summed E-state index contributed by atoms with van der Waals surface area (Å²) in [5.41, 5.74) is 6.34. The standard InChI is InChI=1S/C15H16ClN5O2/c16-12-8-13(20-15(17)19-12)18-6-3-7-21-10-4-1-2-5-11(10)23-9-14(21)22/h1-2,4-5,8H,3,6-7,9H2,(H3,17,18,19,20). The van der Waals surface area contributed by atoms with E-state index in [1.54, 1.807) is 11.0 Å². The lowest BCUT2D eigenvalue weighted by molar-refractivity contribution is -0.121. The van der Waals surface area contributed by atoms with Crippen LogP contribution in [-0.2, 0) is 4.79 Å². The smallest absolute Gasteiger partial charge is 0.265 e. The molecule has 0 saturated carbocycles. The summed E-state index contributed by atoms with van der Waals surface area (Å²) in [5.74, 6) is 1.38. The number of amides is 1. The maximum Gasteiger partial charge on any atom is 0.265 e. The van der Waals surface area contributed by atoms with Crippen molar-refractivity contribution in [3.8, 4) is 5.75 Å². The minimum Gasteiger partial charge on any atom is -0.482 e. The Morgan fingerprint density at radius 2 is 2.17 bits per heavy atom. The number of nitrogen functional groups attached to an aromatic ring is 1. The van der Waals surface area contributed by atoms with E-state index < -0.39 is 0 Å². The molecule has 1 amide bonds. The van der Waals surface area contributed by atoms with Gasteiger partial charge >= 0.3 is 0 Å². The van der Waals surface area contributed by atoms with Crippen LogP contribution in [0.5, 0.6) is 5.75 Å².